The maximum Gasteiger partial charge on any atom is 0.124 e. The monoisotopic (exact) mass is 238 g/mol. The first-order valence-corrected chi connectivity index (χ1v) is 5.11. The fourth-order valence-electron chi connectivity index (χ4n) is 1.33. The van der Waals surface area contributed by atoms with Crippen molar-refractivity contribution in [2.75, 3.05) is 5.73 Å². The van der Waals surface area contributed by atoms with Gasteiger partial charge in [-0.25, -0.2) is 4.98 Å². The van der Waals surface area contributed by atoms with E-state index in [1.807, 2.05) is 12.1 Å². The molecule has 0 aliphatic carbocycles. The number of anilines is 1. The minimum absolute atomic E-state index is 0.448. The second-order valence-electron chi connectivity index (χ2n) is 3.04. The Bertz CT molecular complexity index is 477. The molecule has 0 saturated carbocycles. The number of pyridine rings is 1. The summed E-state index contributed by atoms with van der Waals surface area (Å²) in [5.74, 6) is 0.448. The Morgan fingerprint density at radius 2 is 1.53 bits per heavy atom. The Kier molecular flexibility index (Phi) is 2.80. The van der Waals surface area contributed by atoms with Crippen molar-refractivity contribution < 1.29 is 0 Å². The molecule has 0 unspecified atom stereocenters. The van der Waals surface area contributed by atoms with Gasteiger partial charge < -0.3 is 5.73 Å². The van der Waals surface area contributed by atoms with Crippen molar-refractivity contribution in [2.24, 2.45) is 0 Å². The Balaban J connectivity index is 2.63. The van der Waals surface area contributed by atoms with Crippen LogP contribution in [0.25, 0.3) is 11.3 Å². The van der Waals surface area contributed by atoms with Crippen LogP contribution in [0, 0.1) is 0 Å². The van der Waals surface area contributed by atoms with Crippen LogP contribution in [-0.2, 0) is 0 Å². The van der Waals surface area contributed by atoms with Gasteiger partial charge in [0, 0.05) is 5.56 Å². The van der Waals surface area contributed by atoms with Crippen LogP contribution in [-0.4, -0.2) is 4.98 Å². The lowest BCUT2D eigenvalue weighted by Crippen LogP contribution is -1.92. The van der Waals surface area contributed by atoms with E-state index in [2.05, 4.69) is 4.98 Å². The highest BCUT2D eigenvalue weighted by atomic mass is 35.5. The zero-order valence-electron chi connectivity index (χ0n) is 7.74. The molecule has 0 aliphatic heterocycles. The zero-order chi connectivity index (χ0) is 10.8. The van der Waals surface area contributed by atoms with Crippen LogP contribution >= 0.6 is 23.2 Å². The average Bonchev–Trinajstić information content (AvgIpc) is 2.17. The molecule has 0 bridgehead atoms. The van der Waals surface area contributed by atoms with Gasteiger partial charge in [0.25, 0.3) is 0 Å². The number of hydrogen-bond donors (Lipinski definition) is 1. The average molecular weight is 239 g/mol. The summed E-state index contributed by atoms with van der Waals surface area (Å²) in [6.07, 6.45) is 0. The minimum atomic E-state index is 0.448. The predicted molar refractivity (Wildman–Crippen MR) is 64.1 cm³/mol. The molecule has 0 spiro atoms. The van der Waals surface area contributed by atoms with Gasteiger partial charge in [-0.1, -0.05) is 35.3 Å². The van der Waals surface area contributed by atoms with E-state index in [0.717, 1.165) is 0 Å². The van der Waals surface area contributed by atoms with E-state index in [4.69, 9.17) is 28.9 Å². The second-order valence-corrected chi connectivity index (χ2v) is 3.86. The fourth-order valence-corrected chi connectivity index (χ4v) is 1.92. The molecule has 0 aliphatic rings. The molecule has 0 saturated heterocycles. The molecule has 4 heteroatoms. The second kappa shape index (κ2) is 4.09. The molecule has 0 radical (unpaired) electrons. The molecule has 0 fully saturated rings. The van der Waals surface area contributed by atoms with E-state index in [1.165, 1.54) is 0 Å². The quantitative estimate of drug-likeness (QED) is 0.825. The van der Waals surface area contributed by atoms with E-state index in [9.17, 15) is 0 Å². The summed E-state index contributed by atoms with van der Waals surface area (Å²) in [7, 11) is 0. The fraction of sp³-hybridized carbons (Fsp3) is 0. The number of benzene rings is 1. The number of nitrogen functional groups attached to an aromatic ring is 1. The Labute approximate surface area is 97.7 Å². The number of rotatable bonds is 1. The summed E-state index contributed by atoms with van der Waals surface area (Å²) in [6.45, 7) is 0. The van der Waals surface area contributed by atoms with Gasteiger partial charge in [-0.15, -0.1) is 0 Å². The van der Waals surface area contributed by atoms with E-state index >= 15 is 0 Å². The number of aromatic nitrogens is 1. The van der Waals surface area contributed by atoms with Gasteiger partial charge in [0.2, 0.25) is 0 Å². The molecule has 2 aromatic rings. The number of hydrogen-bond acceptors (Lipinski definition) is 2. The van der Waals surface area contributed by atoms with Gasteiger partial charge >= 0.3 is 0 Å². The van der Waals surface area contributed by atoms with Crippen molar-refractivity contribution >= 4 is 29.0 Å². The van der Waals surface area contributed by atoms with Crippen LogP contribution in [0.3, 0.4) is 0 Å². The topological polar surface area (TPSA) is 38.9 Å². The normalized spacial score (nSPS) is 10.3. The number of halogens is 2. The lowest BCUT2D eigenvalue weighted by molar-refractivity contribution is 1.33. The van der Waals surface area contributed by atoms with Gasteiger partial charge in [0.1, 0.15) is 5.82 Å². The molecule has 2 N–H and O–H groups in total. The maximum atomic E-state index is 6.05. The molecule has 0 atom stereocenters. The smallest absolute Gasteiger partial charge is 0.124 e. The van der Waals surface area contributed by atoms with Gasteiger partial charge in [-0.3, -0.25) is 0 Å². The summed E-state index contributed by atoms with van der Waals surface area (Å²) in [5, 5.41) is 1.14. The molecule has 2 nitrogen and oxygen atoms in total. The molecular weight excluding hydrogens is 231 g/mol. The number of nitrogens with zero attached hydrogens (tertiary/aromatic N) is 1. The zero-order valence-corrected chi connectivity index (χ0v) is 9.26. The van der Waals surface area contributed by atoms with Gasteiger partial charge in [0.05, 0.1) is 15.7 Å². The predicted octanol–water partition coefficient (Wildman–Crippen LogP) is 3.64. The third-order valence-corrected chi connectivity index (χ3v) is 2.62. The van der Waals surface area contributed by atoms with Crippen molar-refractivity contribution in [1.29, 1.82) is 0 Å². The Morgan fingerprint density at radius 1 is 0.933 bits per heavy atom. The Morgan fingerprint density at radius 3 is 2.13 bits per heavy atom. The van der Waals surface area contributed by atoms with Gasteiger partial charge in [-0.2, -0.15) is 0 Å². The van der Waals surface area contributed by atoms with Crippen molar-refractivity contribution in [3.63, 3.8) is 0 Å². The van der Waals surface area contributed by atoms with Crippen LogP contribution in [0.1, 0.15) is 0 Å². The highest BCUT2D eigenvalue weighted by Crippen LogP contribution is 2.33. The van der Waals surface area contributed by atoms with Crippen LogP contribution in [0.4, 0.5) is 5.82 Å². The van der Waals surface area contributed by atoms with Crippen LogP contribution in [0.5, 0.6) is 0 Å². The van der Waals surface area contributed by atoms with Crippen molar-refractivity contribution in [3.8, 4) is 11.3 Å². The first kappa shape index (κ1) is 10.3. The molecular formula is C11H8Cl2N2. The summed E-state index contributed by atoms with van der Waals surface area (Å²) in [6, 6.07) is 10.7. The van der Waals surface area contributed by atoms with Gasteiger partial charge in [0.15, 0.2) is 0 Å². The first-order valence-electron chi connectivity index (χ1n) is 4.35. The largest absolute Gasteiger partial charge is 0.384 e. The van der Waals surface area contributed by atoms with Crippen LogP contribution in [0.15, 0.2) is 36.4 Å². The van der Waals surface area contributed by atoms with Crippen molar-refractivity contribution in [2.45, 2.75) is 0 Å². The summed E-state index contributed by atoms with van der Waals surface area (Å²) in [5.41, 5.74) is 7.00. The van der Waals surface area contributed by atoms with E-state index in [-0.39, 0.29) is 0 Å². The third-order valence-electron chi connectivity index (χ3n) is 1.99. The van der Waals surface area contributed by atoms with E-state index in [1.54, 1.807) is 24.3 Å². The lowest BCUT2D eigenvalue weighted by atomic mass is 10.1. The summed E-state index contributed by atoms with van der Waals surface area (Å²) >= 11 is 12.1. The molecule has 1 aromatic heterocycles. The number of nitrogens with two attached hydrogens (primary N) is 1. The van der Waals surface area contributed by atoms with Crippen LogP contribution in [0.2, 0.25) is 10.0 Å². The molecule has 2 rings (SSSR count). The molecule has 1 aromatic carbocycles. The standard InChI is InChI=1S/C11H8Cl2N2/c12-7-3-1-4-8(13)11(7)9-5-2-6-10(14)15-9/h1-6H,(H2,14,15). The highest BCUT2D eigenvalue weighted by molar-refractivity contribution is 6.39. The molecule has 1 heterocycles. The van der Waals surface area contributed by atoms with Crippen molar-refractivity contribution in [1.82, 2.24) is 4.98 Å². The molecule has 15 heavy (non-hydrogen) atoms. The first-order chi connectivity index (χ1) is 7.18. The molecule has 76 valence electrons. The highest BCUT2D eigenvalue weighted by Gasteiger charge is 2.08. The Hall–Kier alpha value is -1.25. The minimum Gasteiger partial charge on any atom is -0.384 e. The van der Waals surface area contributed by atoms with E-state index < -0.39 is 0 Å². The summed E-state index contributed by atoms with van der Waals surface area (Å²) in [4.78, 5) is 4.17. The summed E-state index contributed by atoms with van der Waals surface area (Å²) < 4.78 is 0. The SMILES string of the molecule is Nc1cccc(-c2c(Cl)cccc2Cl)n1. The maximum absolute atomic E-state index is 6.05. The van der Waals surface area contributed by atoms with Crippen LogP contribution < -0.4 is 5.73 Å². The van der Waals surface area contributed by atoms with Crippen molar-refractivity contribution in [3.05, 3.63) is 46.4 Å². The van der Waals surface area contributed by atoms with Gasteiger partial charge in [-0.05, 0) is 24.3 Å². The van der Waals surface area contributed by atoms with E-state index in [0.29, 0.717) is 27.1 Å². The lowest BCUT2D eigenvalue weighted by Gasteiger charge is -2.06. The third kappa shape index (κ3) is 2.06. The molecule has 0 amide bonds.